The number of halogens is 1. The number of thioether (sulfide) groups is 1. The highest BCUT2D eigenvalue weighted by Gasteiger charge is 2.16. The zero-order valence-corrected chi connectivity index (χ0v) is 17.9. The molecule has 0 saturated carbocycles. The van der Waals surface area contributed by atoms with Crippen molar-refractivity contribution < 1.29 is 4.79 Å². The average Bonchev–Trinajstić information content (AvgIpc) is 3.08. The molecule has 3 N–H and O–H groups in total. The lowest BCUT2D eigenvalue weighted by Gasteiger charge is -2.05. The van der Waals surface area contributed by atoms with Crippen LogP contribution in [0.2, 0.25) is 5.02 Å². The number of amides is 1. The van der Waals surface area contributed by atoms with E-state index in [0.29, 0.717) is 47.2 Å². The molecule has 1 aromatic heterocycles. The summed E-state index contributed by atoms with van der Waals surface area (Å²) >= 11 is 7.42. The Bertz CT molecular complexity index is 1030. The van der Waals surface area contributed by atoms with Crippen LogP contribution in [0, 0.1) is 11.3 Å². The summed E-state index contributed by atoms with van der Waals surface area (Å²) in [5.74, 6) is 1.47. The molecule has 30 heavy (non-hydrogen) atoms. The van der Waals surface area contributed by atoms with Crippen molar-refractivity contribution in [2.24, 2.45) is 0 Å². The van der Waals surface area contributed by atoms with Crippen LogP contribution in [0.5, 0.6) is 0 Å². The van der Waals surface area contributed by atoms with E-state index in [1.165, 1.54) is 0 Å². The molecule has 3 rings (SSSR count). The molecule has 0 bridgehead atoms. The number of hydrogen-bond acceptors (Lipinski definition) is 5. The summed E-state index contributed by atoms with van der Waals surface area (Å²) in [5, 5.41) is 17.6. The van der Waals surface area contributed by atoms with Gasteiger partial charge in [-0.15, -0.1) is 11.8 Å². The largest absolute Gasteiger partial charge is 0.382 e. The molecule has 0 unspecified atom stereocenters. The van der Waals surface area contributed by atoms with Crippen LogP contribution < -0.4 is 11.1 Å². The van der Waals surface area contributed by atoms with Crippen LogP contribution in [0.1, 0.15) is 23.2 Å². The van der Waals surface area contributed by atoms with Crippen molar-refractivity contribution in [2.75, 3.05) is 18.0 Å². The van der Waals surface area contributed by atoms with Crippen LogP contribution in [-0.2, 0) is 17.0 Å². The number of anilines is 1. The first kappa shape index (κ1) is 21.8. The van der Waals surface area contributed by atoms with Gasteiger partial charge in [0.05, 0.1) is 17.1 Å². The number of carbonyl (C=O) groups is 1. The van der Waals surface area contributed by atoms with Gasteiger partial charge in [-0.25, -0.2) is 4.68 Å². The lowest BCUT2D eigenvalue weighted by molar-refractivity contribution is -0.118. The molecule has 0 aliphatic heterocycles. The van der Waals surface area contributed by atoms with Gasteiger partial charge in [-0.3, -0.25) is 4.79 Å². The third-order valence-electron chi connectivity index (χ3n) is 4.43. The molecule has 0 saturated heterocycles. The minimum Gasteiger partial charge on any atom is -0.382 e. The van der Waals surface area contributed by atoms with Crippen molar-refractivity contribution in [3.63, 3.8) is 0 Å². The Morgan fingerprint density at radius 2 is 1.93 bits per heavy atom. The number of benzene rings is 2. The summed E-state index contributed by atoms with van der Waals surface area (Å²) in [4.78, 5) is 12.0. The number of carbonyl (C=O) groups excluding carboxylic acids is 1. The highest BCUT2D eigenvalue weighted by Crippen LogP contribution is 2.21. The molecule has 0 fully saturated rings. The predicted molar refractivity (Wildman–Crippen MR) is 122 cm³/mol. The summed E-state index contributed by atoms with van der Waals surface area (Å²) in [6.07, 6.45) is 1.23. The first-order chi connectivity index (χ1) is 14.6. The van der Waals surface area contributed by atoms with E-state index in [9.17, 15) is 10.1 Å². The number of nitriles is 1. The molecular weight excluding hydrogens is 418 g/mol. The van der Waals surface area contributed by atoms with Crippen molar-refractivity contribution in [1.29, 1.82) is 5.26 Å². The topological polar surface area (TPSA) is 96.7 Å². The number of aromatic nitrogens is 2. The number of para-hydroxylation sites is 1. The zero-order chi connectivity index (χ0) is 21.3. The third kappa shape index (κ3) is 5.78. The van der Waals surface area contributed by atoms with Crippen LogP contribution in [0.3, 0.4) is 0 Å². The van der Waals surface area contributed by atoms with E-state index in [1.54, 1.807) is 16.4 Å². The Hall–Kier alpha value is -2.95. The van der Waals surface area contributed by atoms with Gasteiger partial charge in [-0.05, 0) is 42.7 Å². The van der Waals surface area contributed by atoms with E-state index >= 15 is 0 Å². The summed E-state index contributed by atoms with van der Waals surface area (Å²) in [6, 6.07) is 19.2. The predicted octanol–water partition coefficient (Wildman–Crippen LogP) is 3.96. The van der Waals surface area contributed by atoms with Gasteiger partial charge in [0, 0.05) is 17.3 Å². The molecule has 6 nitrogen and oxygen atoms in total. The molecule has 1 amide bonds. The number of nitrogens with zero attached hydrogens (tertiary/aromatic N) is 3. The monoisotopic (exact) mass is 439 g/mol. The Labute approximate surface area is 185 Å². The highest BCUT2D eigenvalue weighted by atomic mass is 35.5. The van der Waals surface area contributed by atoms with Gasteiger partial charge >= 0.3 is 0 Å². The van der Waals surface area contributed by atoms with E-state index in [2.05, 4.69) is 16.5 Å². The molecule has 0 radical (unpaired) electrons. The van der Waals surface area contributed by atoms with Crippen molar-refractivity contribution in [2.45, 2.75) is 18.6 Å². The fourth-order valence-corrected chi connectivity index (χ4v) is 3.86. The van der Waals surface area contributed by atoms with Crippen LogP contribution in [-0.4, -0.2) is 28.0 Å². The number of aryl methyl sites for hydroxylation is 1. The molecule has 2 aromatic carbocycles. The van der Waals surface area contributed by atoms with Crippen molar-refractivity contribution in [3.8, 4) is 11.8 Å². The van der Waals surface area contributed by atoms with E-state index in [4.69, 9.17) is 17.3 Å². The van der Waals surface area contributed by atoms with E-state index in [-0.39, 0.29) is 5.91 Å². The average molecular weight is 440 g/mol. The maximum Gasteiger partial charge on any atom is 0.230 e. The van der Waals surface area contributed by atoms with Gasteiger partial charge < -0.3 is 11.1 Å². The van der Waals surface area contributed by atoms with Crippen LogP contribution in [0.15, 0.2) is 54.6 Å². The van der Waals surface area contributed by atoms with E-state index < -0.39 is 0 Å². The summed E-state index contributed by atoms with van der Waals surface area (Å²) < 4.78 is 1.58. The van der Waals surface area contributed by atoms with Crippen molar-refractivity contribution in [1.82, 2.24) is 15.1 Å². The normalized spacial score (nSPS) is 10.5. The lowest BCUT2D eigenvalue weighted by atomic mass is 10.1. The van der Waals surface area contributed by atoms with Gasteiger partial charge in [0.15, 0.2) is 0 Å². The number of rotatable bonds is 9. The number of hydrogen-bond donors (Lipinski definition) is 2. The van der Waals surface area contributed by atoms with Crippen molar-refractivity contribution >= 4 is 35.1 Å². The molecule has 154 valence electrons. The van der Waals surface area contributed by atoms with Gasteiger partial charge in [-0.2, -0.15) is 10.4 Å². The Morgan fingerprint density at radius 1 is 1.20 bits per heavy atom. The van der Waals surface area contributed by atoms with Gasteiger partial charge in [0.25, 0.3) is 0 Å². The molecule has 0 aliphatic carbocycles. The third-order valence-corrected chi connectivity index (χ3v) is 5.69. The highest BCUT2D eigenvalue weighted by molar-refractivity contribution is 7.99. The first-order valence-corrected chi connectivity index (χ1v) is 11.0. The standard InChI is InChI=1S/C22H22ClN5OS/c23-17-10-8-16(9-11-17)14-30-15-21(29)26-12-4-7-20-19(13-24)22(25)28(27-20)18-5-2-1-3-6-18/h1-3,5-6,8-11H,4,7,12,14-15,25H2,(H,26,29). The smallest absolute Gasteiger partial charge is 0.230 e. The molecule has 0 spiro atoms. The summed E-state index contributed by atoms with van der Waals surface area (Å²) in [5.41, 5.74) is 9.09. The fourth-order valence-electron chi connectivity index (χ4n) is 2.92. The van der Waals surface area contributed by atoms with E-state index in [0.717, 1.165) is 17.0 Å². The molecule has 0 atom stereocenters. The minimum absolute atomic E-state index is 0.0104. The molecular formula is C22H22ClN5OS. The quantitative estimate of drug-likeness (QED) is 0.492. The maximum atomic E-state index is 12.0. The fraction of sp³-hybridized carbons (Fsp3) is 0.227. The second-order valence-corrected chi connectivity index (χ2v) is 8.06. The second kappa shape index (κ2) is 10.7. The SMILES string of the molecule is N#Cc1c(CCCNC(=O)CSCc2ccc(Cl)cc2)nn(-c2ccccc2)c1N. The van der Waals surface area contributed by atoms with Crippen LogP contribution in [0.25, 0.3) is 5.69 Å². The van der Waals surface area contributed by atoms with Crippen molar-refractivity contribution in [3.05, 3.63) is 76.4 Å². The summed E-state index contributed by atoms with van der Waals surface area (Å²) in [7, 11) is 0. The molecule has 1 heterocycles. The Morgan fingerprint density at radius 3 is 2.63 bits per heavy atom. The van der Waals surface area contributed by atoms with Gasteiger partial charge in [0.2, 0.25) is 5.91 Å². The molecule has 0 aliphatic rings. The molecule has 8 heteroatoms. The first-order valence-electron chi connectivity index (χ1n) is 9.50. The Balaban J connectivity index is 1.44. The zero-order valence-electron chi connectivity index (χ0n) is 16.3. The molecule has 3 aromatic rings. The van der Waals surface area contributed by atoms with Gasteiger partial charge in [-0.1, -0.05) is 41.9 Å². The van der Waals surface area contributed by atoms with Gasteiger partial charge in [0.1, 0.15) is 17.5 Å². The number of nitrogen functional groups attached to an aromatic ring is 1. The second-order valence-electron chi connectivity index (χ2n) is 6.64. The van der Waals surface area contributed by atoms with Crippen LogP contribution in [0.4, 0.5) is 5.82 Å². The van der Waals surface area contributed by atoms with E-state index in [1.807, 2.05) is 54.6 Å². The number of nitrogens with two attached hydrogens (primary N) is 1. The lowest BCUT2D eigenvalue weighted by Crippen LogP contribution is -2.26. The maximum absolute atomic E-state index is 12.0. The Kier molecular flexibility index (Phi) is 7.77. The summed E-state index contributed by atoms with van der Waals surface area (Å²) in [6.45, 7) is 0.517. The minimum atomic E-state index is -0.0104. The van der Waals surface area contributed by atoms with Crippen LogP contribution >= 0.6 is 23.4 Å². The number of nitrogens with one attached hydrogen (secondary N) is 1.